The molecule has 2 aromatic rings. The van der Waals surface area contributed by atoms with Gasteiger partial charge in [0.1, 0.15) is 11.8 Å². The molecule has 3 heterocycles. The van der Waals surface area contributed by atoms with Crippen molar-refractivity contribution in [2.24, 2.45) is 0 Å². The number of benzene rings is 1. The van der Waals surface area contributed by atoms with Crippen molar-refractivity contribution in [3.8, 4) is 5.75 Å². The fourth-order valence-corrected chi connectivity index (χ4v) is 4.32. The number of hydrogen-bond donors (Lipinski definition) is 2. The molecule has 0 aliphatic carbocycles. The average molecular weight is 414 g/mol. The van der Waals surface area contributed by atoms with Gasteiger partial charge in [-0.15, -0.1) is 11.3 Å². The van der Waals surface area contributed by atoms with E-state index < -0.39 is 11.8 Å². The Kier molecular flexibility index (Phi) is 4.99. The van der Waals surface area contributed by atoms with Crippen LogP contribution in [0.1, 0.15) is 41.4 Å². The highest BCUT2D eigenvalue weighted by atomic mass is 32.1. The van der Waals surface area contributed by atoms with Gasteiger partial charge in [-0.05, 0) is 26.0 Å². The van der Waals surface area contributed by atoms with Crippen LogP contribution in [0.4, 0.5) is 5.13 Å². The van der Waals surface area contributed by atoms with Crippen molar-refractivity contribution in [1.82, 2.24) is 15.2 Å². The molecule has 2 aliphatic heterocycles. The highest BCUT2D eigenvalue weighted by molar-refractivity contribution is 7.15. The minimum atomic E-state index is -0.946. The van der Waals surface area contributed by atoms with Gasteiger partial charge < -0.3 is 20.3 Å². The van der Waals surface area contributed by atoms with Crippen molar-refractivity contribution in [2.75, 3.05) is 11.9 Å². The summed E-state index contributed by atoms with van der Waals surface area (Å²) in [5.41, 5.74) is -0.463. The van der Waals surface area contributed by atoms with Gasteiger partial charge in [-0.1, -0.05) is 12.1 Å². The number of aryl methyl sites for hydroxylation is 1. The molecule has 2 atom stereocenters. The fraction of sp³-hybridized carbons (Fsp3) is 0.400. The van der Waals surface area contributed by atoms with Crippen molar-refractivity contribution >= 4 is 34.2 Å². The molecule has 1 aromatic heterocycles. The number of anilines is 1. The Morgan fingerprint density at radius 3 is 2.90 bits per heavy atom. The van der Waals surface area contributed by atoms with Crippen LogP contribution in [-0.4, -0.2) is 45.9 Å². The molecule has 0 saturated carbocycles. The fourth-order valence-electron chi connectivity index (χ4n) is 3.66. The summed E-state index contributed by atoms with van der Waals surface area (Å²) in [5, 5.41) is 6.21. The molecule has 152 valence electrons. The predicted octanol–water partition coefficient (Wildman–Crippen LogP) is 2.31. The van der Waals surface area contributed by atoms with Gasteiger partial charge in [0.15, 0.2) is 10.9 Å². The number of para-hydroxylation sites is 1. The molecule has 29 heavy (non-hydrogen) atoms. The Morgan fingerprint density at radius 1 is 1.34 bits per heavy atom. The van der Waals surface area contributed by atoms with Crippen LogP contribution < -0.4 is 15.4 Å². The van der Waals surface area contributed by atoms with Crippen LogP contribution in [0.25, 0.3) is 0 Å². The van der Waals surface area contributed by atoms with Crippen LogP contribution >= 0.6 is 11.3 Å². The Labute approximate surface area is 172 Å². The Balaban J connectivity index is 1.48. The second kappa shape index (κ2) is 7.47. The number of fused-ring (bicyclic) bond motifs is 1. The zero-order chi connectivity index (χ0) is 20.6. The number of nitrogens with one attached hydrogen (secondary N) is 2. The lowest BCUT2D eigenvalue weighted by molar-refractivity contribution is -0.137. The average Bonchev–Trinajstić information content (AvgIpc) is 3.04. The number of rotatable bonds is 3. The zero-order valence-corrected chi connectivity index (χ0v) is 17.0. The number of amides is 3. The second-order valence-corrected chi connectivity index (χ2v) is 8.56. The standard InChI is InChI=1S/C20H22N4O4S/c1-12-11-21-19(29-12)22-17(26)13(2)24-10-9-20(8-7-16(24)25)23-18(27)14-5-3-4-6-15(14)28-20/h3-6,11,13H,7-10H2,1-2H3,(H,23,27)(H,21,22,26)/t13-,20+/m0/s1. The predicted molar refractivity (Wildman–Crippen MR) is 108 cm³/mol. The molecule has 4 rings (SSSR count). The summed E-state index contributed by atoms with van der Waals surface area (Å²) in [7, 11) is 0. The summed E-state index contributed by atoms with van der Waals surface area (Å²) in [6.45, 7) is 3.90. The maximum atomic E-state index is 12.7. The summed E-state index contributed by atoms with van der Waals surface area (Å²) in [4.78, 5) is 44.5. The second-order valence-electron chi connectivity index (χ2n) is 7.33. The van der Waals surface area contributed by atoms with Gasteiger partial charge in [-0.3, -0.25) is 14.4 Å². The first-order chi connectivity index (χ1) is 13.9. The molecule has 2 N–H and O–H groups in total. The van der Waals surface area contributed by atoms with E-state index in [0.29, 0.717) is 35.8 Å². The minimum absolute atomic E-state index is 0.142. The molecular formula is C20H22N4O4S. The third-order valence-corrected chi connectivity index (χ3v) is 6.12. The topological polar surface area (TPSA) is 101 Å². The molecular weight excluding hydrogens is 392 g/mol. The monoisotopic (exact) mass is 414 g/mol. The van der Waals surface area contributed by atoms with Crippen molar-refractivity contribution in [1.29, 1.82) is 0 Å². The SMILES string of the molecule is Cc1cnc(NC(=O)[C@H](C)N2CC[C@]3(CCC2=O)NC(=O)c2ccccc2O3)s1. The van der Waals surface area contributed by atoms with Crippen LogP contribution in [0.5, 0.6) is 5.75 Å². The first-order valence-corrected chi connectivity index (χ1v) is 10.3. The minimum Gasteiger partial charge on any atom is -0.467 e. The van der Waals surface area contributed by atoms with Gasteiger partial charge in [0.2, 0.25) is 11.8 Å². The lowest BCUT2D eigenvalue weighted by Crippen LogP contribution is -2.56. The number of nitrogens with zero attached hydrogens (tertiary/aromatic N) is 2. The smallest absolute Gasteiger partial charge is 0.258 e. The van der Waals surface area contributed by atoms with Gasteiger partial charge in [-0.2, -0.15) is 0 Å². The van der Waals surface area contributed by atoms with Gasteiger partial charge in [0, 0.05) is 36.9 Å². The molecule has 1 aromatic carbocycles. The number of carbonyl (C=O) groups is 3. The van der Waals surface area contributed by atoms with E-state index in [9.17, 15) is 14.4 Å². The molecule has 0 unspecified atom stereocenters. The lowest BCUT2D eigenvalue weighted by atomic mass is 10.0. The third kappa shape index (κ3) is 3.82. The molecule has 1 saturated heterocycles. The highest BCUT2D eigenvalue weighted by Gasteiger charge is 2.43. The molecule has 9 heteroatoms. The van der Waals surface area contributed by atoms with E-state index in [4.69, 9.17) is 4.74 Å². The van der Waals surface area contributed by atoms with E-state index in [0.717, 1.165) is 4.88 Å². The summed E-state index contributed by atoms with van der Waals surface area (Å²) in [6.07, 6.45) is 2.61. The molecule has 8 nitrogen and oxygen atoms in total. The quantitative estimate of drug-likeness (QED) is 0.803. The molecule has 0 bridgehead atoms. The summed E-state index contributed by atoms with van der Waals surface area (Å²) in [6, 6.07) is 6.40. The van der Waals surface area contributed by atoms with Gasteiger partial charge in [0.25, 0.3) is 5.91 Å². The van der Waals surface area contributed by atoms with E-state index in [1.807, 2.05) is 13.0 Å². The Bertz CT molecular complexity index is 975. The molecule has 2 aliphatic rings. The van der Waals surface area contributed by atoms with Gasteiger partial charge in [-0.25, -0.2) is 4.98 Å². The molecule has 1 spiro atoms. The lowest BCUT2D eigenvalue weighted by Gasteiger charge is -2.38. The number of hydrogen-bond acceptors (Lipinski definition) is 6. The zero-order valence-electron chi connectivity index (χ0n) is 16.2. The third-order valence-electron chi connectivity index (χ3n) is 5.30. The first kappa shape index (κ1) is 19.4. The Hall–Kier alpha value is -2.94. The normalized spacial score (nSPS) is 22.3. The van der Waals surface area contributed by atoms with Crippen LogP contribution in [0.2, 0.25) is 0 Å². The maximum absolute atomic E-state index is 12.7. The summed E-state index contributed by atoms with van der Waals surface area (Å²) in [5.74, 6) is -0.126. The number of ether oxygens (including phenoxy) is 1. The van der Waals surface area contributed by atoms with Crippen LogP contribution in [0, 0.1) is 6.92 Å². The van der Waals surface area contributed by atoms with Gasteiger partial charge in [0.05, 0.1) is 5.56 Å². The van der Waals surface area contributed by atoms with E-state index in [1.54, 1.807) is 36.2 Å². The molecule has 1 fully saturated rings. The largest absolute Gasteiger partial charge is 0.467 e. The highest BCUT2D eigenvalue weighted by Crippen LogP contribution is 2.34. The van der Waals surface area contributed by atoms with Crippen LogP contribution in [0.3, 0.4) is 0 Å². The van der Waals surface area contributed by atoms with Crippen LogP contribution in [-0.2, 0) is 9.59 Å². The van der Waals surface area contributed by atoms with E-state index in [1.165, 1.54) is 11.3 Å². The van der Waals surface area contributed by atoms with Crippen molar-refractivity contribution < 1.29 is 19.1 Å². The van der Waals surface area contributed by atoms with Crippen molar-refractivity contribution in [3.05, 3.63) is 40.9 Å². The van der Waals surface area contributed by atoms with E-state index in [2.05, 4.69) is 15.6 Å². The van der Waals surface area contributed by atoms with E-state index >= 15 is 0 Å². The Morgan fingerprint density at radius 2 is 2.14 bits per heavy atom. The first-order valence-electron chi connectivity index (χ1n) is 9.50. The van der Waals surface area contributed by atoms with Crippen molar-refractivity contribution in [3.63, 3.8) is 0 Å². The number of likely N-dealkylation sites (tertiary alicyclic amines) is 1. The maximum Gasteiger partial charge on any atom is 0.258 e. The summed E-state index contributed by atoms with van der Waals surface area (Å²) >= 11 is 1.38. The number of carbonyl (C=O) groups excluding carboxylic acids is 3. The van der Waals surface area contributed by atoms with Gasteiger partial charge >= 0.3 is 0 Å². The summed E-state index contributed by atoms with van der Waals surface area (Å²) < 4.78 is 6.13. The molecule has 0 radical (unpaired) electrons. The number of thiazole rings is 1. The molecule has 3 amide bonds. The van der Waals surface area contributed by atoms with E-state index in [-0.39, 0.29) is 24.1 Å². The van der Waals surface area contributed by atoms with Crippen LogP contribution in [0.15, 0.2) is 30.5 Å². The van der Waals surface area contributed by atoms with Crippen molar-refractivity contribution in [2.45, 2.75) is 44.9 Å². The number of aromatic nitrogens is 1.